The lowest BCUT2D eigenvalue weighted by Crippen LogP contribution is -2.55. The summed E-state index contributed by atoms with van der Waals surface area (Å²) in [4.78, 5) is 61.0. The van der Waals surface area contributed by atoms with Crippen LogP contribution in [0.15, 0.2) is 61.1 Å². The Kier molecular flexibility index (Phi) is 8.24. The van der Waals surface area contributed by atoms with Crippen LogP contribution < -0.4 is 21.3 Å². The van der Waals surface area contributed by atoms with E-state index in [1.807, 2.05) is 42.5 Å². The van der Waals surface area contributed by atoms with Crippen molar-refractivity contribution < 1.29 is 19.2 Å². The van der Waals surface area contributed by atoms with Crippen molar-refractivity contribution in [3.8, 4) is 6.07 Å². The molecule has 3 aromatic rings. The molecule has 2 saturated carbocycles. The highest BCUT2D eigenvalue weighted by Crippen LogP contribution is 2.46. The SMILES string of the molecule is N#CC(CC1CC2(CC2)NC1=O)NC(=O)C(CC1CC1)NC(=O)C(Cc1cccc2ccccc12)NC(=O)c1cnccn1. The topological polar surface area (TPSA) is 166 Å². The zero-order valence-corrected chi connectivity index (χ0v) is 24.3. The van der Waals surface area contributed by atoms with Gasteiger partial charge in [0.2, 0.25) is 17.7 Å². The van der Waals surface area contributed by atoms with Crippen LogP contribution in [-0.2, 0) is 20.8 Å². The normalized spacial score (nSPS) is 20.2. The molecule has 0 radical (unpaired) electrons. The van der Waals surface area contributed by atoms with E-state index in [-0.39, 0.29) is 41.8 Å². The van der Waals surface area contributed by atoms with Crippen LogP contribution in [0, 0.1) is 23.2 Å². The molecule has 44 heavy (non-hydrogen) atoms. The van der Waals surface area contributed by atoms with E-state index < -0.39 is 35.8 Å². The number of amides is 4. The molecule has 3 aliphatic rings. The maximum atomic E-state index is 13.9. The first-order valence-corrected chi connectivity index (χ1v) is 15.2. The highest BCUT2D eigenvalue weighted by atomic mass is 16.2. The van der Waals surface area contributed by atoms with Gasteiger partial charge in [-0.05, 0) is 54.4 Å². The van der Waals surface area contributed by atoms with Gasteiger partial charge in [0.15, 0.2) is 0 Å². The van der Waals surface area contributed by atoms with Gasteiger partial charge in [-0.15, -0.1) is 0 Å². The summed E-state index contributed by atoms with van der Waals surface area (Å²) in [5, 5.41) is 23.3. The van der Waals surface area contributed by atoms with Crippen molar-refractivity contribution in [1.82, 2.24) is 31.2 Å². The second-order valence-electron chi connectivity index (χ2n) is 12.3. The first-order chi connectivity index (χ1) is 21.3. The van der Waals surface area contributed by atoms with Gasteiger partial charge in [0, 0.05) is 30.3 Å². The monoisotopic (exact) mass is 593 g/mol. The minimum Gasteiger partial charge on any atom is -0.350 e. The molecule has 4 atom stereocenters. The highest BCUT2D eigenvalue weighted by molar-refractivity contribution is 5.97. The molecular weight excluding hydrogens is 558 g/mol. The molecular formula is C33H35N7O4. The molecule has 4 N–H and O–H groups in total. The first kappa shape index (κ1) is 29.2. The van der Waals surface area contributed by atoms with Crippen molar-refractivity contribution >= 4 is 34.4 Å². The predicted octanol–water partition coefficient (Wildman–Crippen LogP) is 2.32. The maximum Gasteiger partial charge on any atom is 0.272 e. The summed E-state index contributed by atoms with van der Waals surface area (Å²) in [5.41, 5.74) is 0.804. The number of hydrogen-bond donors (Lipinski definition) is 4. The van der Waals surface area contributed by atoms with E-state index in [1.54, 1.807) is 0 Å². The van der Waals surface area contributed by atoms with E-state index in [0.717, 1.165) is 42.0 Å². The van der Waals surface area contributed by atoms with E-state index in [4.69, 9.17) is 0 Å². The molecule has 1 saturated heterocycles. The molecule has 1 aliphatic heterocycles. The number of rotatable bonds is 12. The van der Waals surface area contributed by atoms with Gasteiger partial charge in [-0.25, -0.2) is 4.98 Å². The maximum absolute atomic E-state index is 13.9. The van der Waals surface area contributed by atoms with Crippen LogP contribution >= 0.6 is 0 Å². The first-order valence-electron chi connectivity index (χ1n) is 15.2. The molecule has 2 aromatic carbocycles. The van der Waals surface area contributed by atoms with Crippen LogP contribution in [0.3, 0.4) is 0 Å². The van der Waals surface area contributed by atoms with Gasteiger partial charge >= 0.3 is 0 Å². The smallest absolute Gasteiger partial charge is 0.272 e. The van der Waals surface area contributed by atoms with Gasteiger partial charge in [-0.2, -0.15) is 5.26 Å². The third-order valence-electron chi connectivity index (χ3n) is 8.86. The van der Waals surface area contributed by atoms with E-state index in [0.29, 0.717) is 12.8 Å². The fourth-order valence-electron chi connectivity index (χ4n) is 6.09. The Morgan fingerprint density at radius 3 is 2.45 bits per heavy atom. The summed E-state index contributed by atoms with van der Waals surface area (Å²) in [6.45, 7) is 0. The Hall–Kier alpha value is -4.85. The van der Waals surface area contributed by atoms with Crippen LogP contribution in [0.2, 0.25) is 0 Å². The number of benzene rings is 2. The quantitative estimate of drug-likeness (QED) is 0.250. The molecule has 0 bridgehead atoms. The van der Waals surface area contributed by atoms with Gasteiger partial charge < -0.3 is 21.3 Å². The zero-order valence-electron chi connectivity index (χ0n) is 24.3. The van der Waals surface area contributed by atoms with Gasteiger partial charge in [0.1, 0.15) is 23.8 Å². The second kappa shape index (κ2) is 12.4. The van der Waals surface area contributed by atoms with Crippen molar-refractivity contribution in [3.63, 3.8) is 0 Å². The lowest BCUT2D eigenvalue weighted by atomic mass is 9.95. The molecule has 11 heteroatoms. The standard InChI is InChI=1S/C33H35N7O4/c34-18-24(15-23-17-33(10-11-33)40-29(23)41)37-30(42)26(14-20-8-9-20)38-31(43)27(39-32(44)28-19-35-12-13-36-28)16-22-6-3-5-21-4-1-2-7-25(21)22/h1-7,12-13,19-20,23-24,26-27H,8-11,14-17H2,(H,37,42)(H,38,43)(H,39,44)(H,40,41). The third-order valence-corrected chi connectivity index (χ3v) is 8.86. The minimum atomic E-state index is -1.02. The average molecular weight is 594 g/mol. The van der Waals surface area contributed by atoms with Crippen molar-refractivity contribution in [2.75, 3.05) is 0 Å². The Morgan fingerprint density at radius 2 is 1.75 bits per heavy atom. The summed E-state index contributed by atoms with van der Waals surface area (Å²) in [5.74, 6) is -1.67. The van der Waals surface area contributed by atoms with Crippen LogP contribution in [0.25, 0.3) is 10.8 Å². The fourth-order valence-corrected chi connectivity index (χ4v) is 6.09. The lowest BCUT2D eigenvalue weighted by Gasteiger charge is -2.25. The van der Waals surface area contributed by atoms with Gasteiger partial charge in [0.05, 0.1) is 12.3 Å². The number of aromatic nitrogens is 2. The van der Waals surface area contributed by atoms with Crippen molar-refractivity contribution in [2.45, 2.75) is 75.0 Å². The van der Waals surface area contributed by atoms with Crippen LogP contribution in [0.5, 0.6) is 0 Å². The van der Waals surface area contributed by atoms with Crippen LogP contribution in [0.4, 0.5) is 0 Å². The van der Waals surface area contributed by atoms with Gasteiger partial charge in [0.25, 0.3) is 5.91 Å². The minimum absolute atomic E-state index is 0.0660. The second-order valence-corrected chi connectivity index (χ2v) is 12.3. The largest absolute Gasteiger partial charge is 0.350 e. The van der Waals surface area contributed by atoms with Crippen LogP contribution in [0.1, 0.15) is 61.0 Å². The Labute approximate surface area is 255 Å². The molecule has 4 unspecified atom stereocenters. The summed E-state index contributed by atoms with van der Waals surface area (Å²) in [6.07, 6.45) is 9.46. The van der Waals surface area contributed by atoms with E-state index in [1.165, 1.54) is 18.6 Å². The Morgan fingerprint density at radius 1 is 0.977 bits per heavy atom. The molecule has 226 valence electrons. The molecule has 6 rings (SSSR count). The lowest BCUT2D eigenvalue weighted by molar-refractivity contribution is -0.130. The number of nitriles is 1. The van der Waals surface area contributed by atoms with E-state index in [9.17, 15) is 24.4 Å². The number of carbonyl (C=O) groups excluding carboxylic acids is 4. The average Bonchev–Trinajstić information content (AvgIpc) is 3.97. The Balaban J connectivity index is 1.18. The molecule has 1 spiro atoms. The number of hydrogen-bond acceptors (Lipinski definition) is 7. The number of nitrogens with one attached hydrogen (secondary N) is 4. The fraction of sp³-hybridized carbons (Fsp3) is 0.424. The molecule has 2 aliphatic carbocycles. The zero-order chi connectivity index (χ0) is 30.7. The summed E-state index contributed by atoms with van der Waals surface area (Å²) in [6, 6.07) is 12.9. The summed E-state index contributed by atoms with van der Waals surface area (Å²) < 4.78 is 0. The molecule has 11 nitrogen and oxygen atoms in total. The molecule has 1 aromatic heterocycles. The van der Waals surface area contributed by atoms with Crippen molar-refractivity contribution in [2.24, 2.45) is 11.8 Å². The molecule has 2 heterocycles. The van der Waals surface area contributed by atoms with Crippen LogP contribution in [-0.4, -0.2) is 57.3 Å². The number of fused-ring (bicyclic) bond motifs is 1. The van der Waals surface area contributed by atoms with Gasteiger partial charge in [-0.3, -0.25) is 24.2 Å². The van der Waals surface area contributed by atoms with Gasteiger partial charge in [-0.1, -0.05) is 55.3 Å². The predicted molar refractivity (Wildman–Crippen MR) is 161 cm³/mol. The Bertz CT molecular complexity index is 1610. The molecule has 4 amide bonds. The van der Waals surface area contributed by atoms with E-state index >= 15 is 0 Å². The van der Waals surface area contributed by atoms with E-state index in [2.05, 4.69) is 37.3 Å². The van der Waals surface area contributed by atoms with Crippen molar-refractivity contribution in [1.29, 1.82) is 5.26 Å². The molecule has 3 fully saturated rings. The summed E-state index contributed by atoms with van der Waals surface area (Å²) >= 11 is 0. The number of nitrogens with zero attached hydrogens (tertiary/aromatic N) is 3. The summed E-state index contributed by atoms with van der Waals surface area (Å²) in [7, 11) is 0. The number of carbonyl (C=O) groups is 4. The van der Waals surface area contributed by atoms with Crippen molar-refractivity contribution in [3.05, 3.63) is 72.3 Å². The third kappa shape index (κ3) is 6.86. The highest BCUT2D eigenvalue weighted by Gasteiger charge is 2.52.